The van der Waals surface area contributed by atoms with Crippen LogP contribution in [0.3, 0.4) is 0 Å². The third-order valence-electron chi connectivity index (χ3n) is 6.36. The zero-order valence-corrected chi connectivity index (χ0v) is 19.7. The number of ketones is 1. The first kappa shape index (κ1) is 23.8. The molecule has 2 aromatic rings. The van der Waals surface area contributed by atoms with E-state index in [2.05, 4.69) is 4.90 Å². The molecule has 2 saturated heterocycles. The van der Waals surface area contributed by atoms with Crippen LogP contribution in [0.1, 0.15) is 22.7 Å². The summed E-state index contributed by atoms with van der Waals surface area (Å²) in [5.41, 5.74) is 2.12. The van der Waals surface area contributed by atoms with Gasteiger partial charge < -0.3 is 24.2 Å². The van der Waals surface area contributed by atoms with Gasteiger partial charge in [-0.1, -0.05) is 29.8 Å². The number of Topliss-reactive ketones (excluding diaryl/α,β-unsaturated/α-hetero) is 1. The number of nitrogens with zero attached hydrogens (tertiary/aromatic N) is 2. The zero-order chi connectivity index (χ0) is 24.2. The standard InChI is InChI=1S/C26H30N2O6/c1-17-4-6-18(7-5-17)24(29)22-23(20-16-19(32-2)8-9-21(20)33-3)28(26(31)25(22)30)11-10-27-12-14-34-15-13-27/h4-9,16,23,29H,10-15H2,1-3H3/b24-22+. The Morgan fingerprint density at radius 3 is 2.38 bits per heavy atom. The molecule has 1 amide bonds. The maximum absolute atomic E-state index is 13.3. The van der Waals surface area contributed by atoms with Crippen LogP contribution in [-0.2, 0) is 14.3 Å². The number of methoxy groups -OCH3 is 2. The van der Waals surface area contributed by atoms with Crippen molar-refractivity contribution in [3.63, 3.8) is 0 Å². The second kappa shape index (κ2) is 10.3. The number of carbonyl (C=O) groups is 2. The Morgan fingerprint density at radius 2 is 1.74 bits per heavy atom. The summed E-state index contributed by atoms with van der Waals surface area (Å²) >= 11 is 0. The van der Waals surface area contributed by atoms with E-state index >= 15 is 0 Å². The molecule has 1 unspecified atom stereocenters. The third-order valence-corrected chi connectivity index (χ3v) is 6.36. The van der Waals surface area contributed by atoms with E-state index < -0.39 is 17.7 Å². The minimum absolute atomic E-state index is 0.0439. The molecule has 0 aromatic heterocycles. The molecular weight excluding hydrogens is 436 g/mol. The van der Waals surface area contributed by atoms with Crippen LogP contribution in [0.25, 0.3) is 5.76 Å². The number of ether oxygens (including phenoxy) is 3. The average molecular weight is 467 g/mol. The molecule has 0 spiro atoms. The zero-order valence-electron chi connectivity index (χ0n) is 19.7. The lowest BCUT2D eigenvalue weighted by Gasteiger charge is -2.31. The van der Waals surface area contributed by atoms with Crippen LogP contribution in [0.2, 0.25) is 0 Å². The average Bonchev–Trinajstić information content (AvgIpc) is 3.12. The molecule has 2 aliphatic rings. The Balaban J connectivity index is 1.81. The number of aliphatic hydroxyl groups excluding tert-OH is 1. The van der Waals surface area contributed by atoms with Crippen molar-refractivity contribution < 1.29 is 28.9 Å². The molecule has 34 heavy (non-hydrogen) atoms. The molecule has 0 aliphatic carbocycles. The summed E-state index contributed by atoms with van der Waals surface area (Å²) in [4.78, 5) is 30.2. The Kier molecular flexibility index (Phi) is 7.19. The lowest BCUT2D eigenvalue weighted by molar-refractivity contribution is -0.140. The van der Waals surface area contributed by atoms with Crippen molar-refractivity contribution in [3.05, 3.63) is 64.7 Å². The molecule has 0 bridgehead atoms. The molecule has 1 N–H and O–H groups in total. The van der Waals surface area contributed by atoms with E-state index in [1.54, 1.807) is 37.4 Å². The normalized spacial score (nSPS) is 20.6. The number of hydrogen-bond donors (Lipinski definition) is 1. The van der Waals surface area contributed by atoms with E-state index in [0.717, 1.165) is 18.7 Å². The maximum Gasteiger partial charge on any atom is 0.295 e. The molecule has 180 valence electrons. The lowest BCUT2D eigenvalue weighted by Crippen LogP contribution is -2.42. The molecule has 1 atom stereocenters. The highest BCUT2D eigenvalue weighted by molar-refractivity contribution is 6.46. The highest BCUT2D eigenvalue weighted by atomic mass is 16.5. The van der Waals surface area contributed by atoms with Gasteiger partial charge in [-0.3, -0.25) is 14.5 Å². The van der Waals surface area contributed by atoms with Gasteiger partial charge in [0.05, 0.1) is 39.0 Å². The monoisotopic (exact) mass is 466 g/mol. The van der Waals surface area contributed by atoms with Gasteiger partial charge in [0.25, 0.3) is 11.7 Å². The maximum atomic E-state index is 13.3. The van der Waals surface area contributed by atoms with E-state index in [9.17, 15) is 14.7 Å². The van der Waals surface area contributed by atoms with Crippen LogP contribution in [0.4, 0.5) is 0 Å². The predicted octanol–water partition coefficient (Wildman–Crippen LogP) is 2.77. The predicted molar refractivity (Wildman–Crippen MR) is 127 cm³/mol. The van der Waals surface area contributed by atoms with Crippen molar-refractivity contribution in [2.75, 3.05) is 53.6 Å². The fourth-order valence-electron chi connectivity index (χ4n) is 4.43. The fraction of sp³-hybridized carbons (Fsp3) is 0.385. The van der Waals surface area contributed by atoms with Gasteiger partial charge >= 0.3 is 0 Å². The number of carbonyl (C=O) groups excluding carboxylic acids is 2. The van der Waals surface area contributed by atoms with Crippen LogP contribution in [0.15, 0.2) is 48.0 Å². The van der Waals surface area contributed by atoms with E-state index in [1.807, 2.05) is 19.1 Å². The van der Waals surface area contributed by atoms with Gasteiger partial charge in [0.2, 0.25) is 0 Å². The summed E-state index contributed by atoms with van der Waals surface area (Å²) < 4.78 is 16.4. The van der Waals surface area contributed by atoms with Crippen molar-refractivity contribution in [1.82, 2.24) is 9.80 Å². The molecule has 2 heterocycles. The Hall–Kier alpha value is -3.36. The Labute approximate surface area is 199 Å². The number of amides is 1. The SMILES string of the molecule is COc1ccc(OC)c(C2/C(=C(\O)c3ccc(C)cc3)C(=O)C(=O)N2CCN2CCOCC2)c1. The fourth-order valence-corrected chi connectivity index (χ4v) is 4.43. The van der Waals surface area contributed by atoms with Crippen LogP contribution in [-0.4, -0.2) is 80.2 Å². The quantitative estimate of drug-likeness (QED) is 0.381. The van der Waals surface area contributed by atoms with Crippen molar-refractivity contribution >= 4 is 17.4 Å². The largest absolute Gasteiger partial charge is 0.507 e. The minimum atomic E-state index is -0.813. The third kappa shape index (κ3) is 4.64. The van der Waals surface area contributed by atoms with Crippen LogP contribution >= 0.6 is 0 Å². The van der Waals surface area contributed by atoms with Crippen molar-refractivity contribution in [1.29, 1.82) is 0 Å². The van der Waals surface area contributed by atoms with Gasteiger partial charge in [-0.25, -0.2) is 0 Å². The summed E-state index contributed by atoms with van der Waals surface area (Å²) in [6.45, 7) is 5.65. The first-order valence-corrected chi connectivity index (χ1v) is 11.3. The first-order chi connectivity index (χ1) is 16.4. The van der Waals surface area contributed by atoms with Crippen molar-refractivity contribution in [2.24, 2.45) is 0 Å². The van der Waals surface area contributed by atoms with Gasteiger partial charge in [-0.2, -0.15) is 0 Å². The van der Waals surface area contributed by atoms with Gasteiger partial charge in [-0.15, -0.1) is 0 Å². The number of morpholine rings is 1. The van der Waals surface area contributed by atoms with E-state index in [1.165, 1.54) is 12.0 Å². The molecular formula is C26H30N2O6. The minimum Gasteiger partial charge on any atom is -0.507 e. The summed E-state index contributed by atoms with van der Waals surface area (Å²) in [5.74, 6) is -0.502. The summed E-state index contributed by atoms with van der Waals surface area (Å²) in [6.07, 6.45) is 0. The van der Waals surface area contributed by atoms with Crippen molar-refractivity contribution in [2.45, 2.75) is 13.0 Å². The first-order valence-electron chi connectivity index (χ1n) is 11.3. The highest BCUT2D eigenvalue weighted by Gasteiger charge is 2.47. The Morgan fingerprint density at radius 1 is 1.03 bits per heavy atom. The summed E-state index contributed by atoms with van der Waals surface area (Å²) in [6, 6.07) is 11.6. The number of hydrogen-bond acceptors (Lipinski definition) is 7. The van der Waals surface area contributed by atoms with E-state index in [-0.39, 0.29) is 11.3 Å². The number of benzene rings is 2. The molecule has 4 rings (SSSR count). The number of aryl methyl sites for hydroxylation is 1. The molecule has 8 heteroatoms. The molecule has 8 nitrogen and oxygen atoms in total. The Bertz CT molecular complexity index is 1090. The van der Waals surface area contributed by atoms with Gasteiger partial charge in [0.15, 0.2) is 0 Å². The molecule has 0 saturated carbocycles. The summed E-state index contributed by atoms with van der Waals surface area (Å²) in [7, 11) is 3.08. The van der Waals surface area contributed by atoms with Gasteiger partial charge in [0.1, 0.15) is 17.3 Å². The van der Waals surface area contributed by atoms with E-state index in [4.69, 9.17) is 14.2 Å². The molecule has 2 aliphatic heterocycles. The summed E-state index contributed by atoms with van der Waals surface area (Å²) in [5, 5.41) is 11.2. The van der Waals surface area contributed by atoms with Gasteiger partial charge in [-0.05, 0) is 25.1 Å². The molecule has 0 radical (unpaired) electrons. The van der Waals surface area contributed by atoms with Gasteiger partial charge in [0, 0.05) is 37.3 Å². The highest BCUT2D eigenvalue weighted by Crippen LogP contribution is 2.43. The molecule has 2 aromatic carbocycles. The lowest BCUT2D eigenvalue weighted by atomic mass is 9.94. The second-order valence-corrected chi connectivity index (χ2v) is 8.42. The van der Waals surface area contributed by atoms with E-state index in [0.29, 0.717) is 48.9 Å². The topological polar surface area (TPSA) is 88.5 Å². The molecule has 2 fully saturated rings. The van der Waals surface area contributed by atoms with Crippen LogP contribution in [0, 0.1) is 6.92 Å². The van der Waals surface area contributed by atoms with Crippen molar-refractivity contribution in [3.8, 4) is 11.5 Å². The number of aliphatic hydroxyl groups is 1. The number of rotatable bonds is 7. The number of likely N-dealkylation sites (tertiary alicyclic amines) is 1. The van der Waals surface area contributed by atoms with Crippen LogP contribution < -0.4 is 9.47 Å². The van der Waals surface area contributed by atoms with Crippen LogP contribution in [0.5, 0.6) is 11.5 Å². The second-order valence-electron chi connectivity index (χ2n) is 8.42. The smallest absolute Gasteiger partial charge is 0.295 e.